The second-order valence-electron chi connectivity index (χ2n) is 4.55. The Bertz CT molecular complexity index is 309. The van der Waals surface area contributed by atoms with Gasteiger partial charge in [0.15, 0.2) is 0 Å². The fourth-order valence-corrected chi connectivity index (χ4v) is 3.74. The summed E-state index contributed by atoms with van der Waals surface area (Å²) in [6.45, 7) is 6.80. The van der Waals surface area contributed by atoms with Crippen molar-refractivity contribution in [3.63, 3.8) is 0 Å². The molecule has 1 N–H and O–H groups in total. The Balaban J connectivity index is 1.99. The van der Waals surface area contributed by atoms with Crippen LogP contribution in [0.1, 0.15) is 49.5 Å². The van der Waals surface area contributed by atoms with Crippen LogP contribution < -0.4 is 5.32 Å². The molecule has 0 amide bonds. The van der Waals surface area contributed by atoms with Crippen molar-refractivity contribution < 1.29 is 0 Å². The molecule has 1 rings (SSSR count). The average Bonchev–Trinajstić information content (AvgIpc) is 2.61. The van der Waals surface area contributed by atoms with Gasteiger partial charge in [-0.3, -0.25) is 0 Å². The Morgan fingerprint density at radius 2 is 1.94 bits per heavy atom. The minimum atomic E-state index is 1.17. The summed E-state index contributed by atoms with van der Waals surface area (Å²) in [6, 6.07) is 2.28. The topological polar surface area (TPSA) is 12.0 Å². The van der Waals surface area contributed by atoms with E-state index in [1.165, 1.54) is 65.8 Å². The van der Waals surface area contributed by atoms with Crippen LogP contribution in [-0.4, -0.2) is 13.1 Å². The molecule has 0 spiro atoms. The predicted molar refractivity (Wildman–Crippen MR) is 82.1 cm³/mol. The summed E-state index contributed by atoms with van der Waals surface area (Å²) in [7, 11) is 0. The molecule has 3 heteroatoms. The maximum absolute atomic E-state index is 3.55. The Kier molecular flexibility index (Phi) is 8.15. The number of nitrogens with one attached hydrogen (secondary N) is 1. The number of hydrogen-bond donors (Lipinski definition) is 1. The van der Waals surface area contributed by atoms with Gasteiger partial charge in [0.25, 0.3) is 0 Å². The second kappa shape index (κ2) is 9.12. The number of halogens is 1. The van der Waals surface area contributed by atoms with Crippen LogP contribution >= 0.6 is 27.3 Å². The molecular formula is C14H24BrNS. The molecule has 0 aliphatic rings. The highest BCUT2D eigenvalue weighted by Crippen LogP contribution is 2.27. The highest BCUT2D eigenvalue weighted by Gasteiger charge is 2.02. The van der Waals surface area contributed by atoms with Gasteiger partial charge in [-0.15, -0.1) is 11.3 Å². The Labute approximate surface area is 118 Å². The molecule has 0 atom stereocenters. The van der Waals surface area contributed by atoms with Crippen molar-refractivity contribution in [2.45, 2.75) is 52.4 Å². The zero-order valence-corrected chi connectivity index (χ0v) is 13.4. The van der Waals surface area contributed by atoms with Gasteiger partial charge >= 0.3 is 0 Å². The number of thiophene rings is 1. The number of rotatable bonds is 9. The first kappa shape index (κ1) is 15.2. The van der Waals surface area contributed by atoms with Crippen LogP contribution in [0, 0.1) is 6.92 Å². The van der Waals surface area contributed by atoms with Crippen LogP contribution in [0.4, 0.5) is 0 Å². The van der Waals surface area contributed by atoms with Crippen LogP contribution in [0.2, 0.25) is 0 Å². The first-order chi connectivity index (χ1) is 8.24. The lowest BCUT2D eigenvalue weighted by Crippen LogP contribution is -2.15. The molecule has 0 fully saturated rings. The summed E-state index contributed by atoms with van der Waals surface area (Å²) >= 11 is 5.40. The molecule has 0 bridgehead atoms. The summed E-state index contributed by atoms with van der Waals surface area (Å²) in [5.74, 6) is 0. The maximum atomic E-state index is 3.55. The zero-order valence-electron chi connectivity index (χ0n) is 11.0. The monoisotopic (exact) mass is 317 g/mol. The van der Waals surface area contributed by atoms with Gasteiger partial charge in [0.05, 0.1) is 3.79 Å². The van der Waals surface area contributed by atoms with E-state index in [2.05, 4.69) is 41.2 Å². The van der Waals surface area contributed by atoms with E-state index >= 15 is 0 Å². The van der Waals surface area contributed by atoms with Crippen molar-refractivity contribution in [1.82, 2.24) is 5.32 Å². The largest absolute Gasteiger partial charge is 0.317 e. The number of unbranched alkanes of at least 4 members (excludes halogenated alkanes) is 3. The molecule has 0 unspecified atom stereocenters. The molecule has 0 aliphatic carbocycles. The molecule has 17 heavy (non-hydrogen) atoms. The minimum absolute atomic E-state index is 1.17. The van der Waals surface area contributed by atoms with Gasteiger partial charge in [0, 0.05) is 4.88 Å². The van der Waals surface area contributed by atoms with Crippen LogP contribution in [0.15, 0.2) is 9.85 Å². The van der Waals surface area contributed by atoms with E-state index < -0.39 is 0 Å². The van der Waals surface area contributed by atoms with Gasteiger partial charge in [0.2, 0.25) is 0 Å². The normalized spacial score (nSPS) is 11.0. The molecule has 0 saturated heterocycles. The highest BCUT2D eigenvalue weighted by atomic mass is 79.9. The third-order valence-corrected chi connectivity index (χ3v) is 4.56. The lowest BCUT2D eigenvalue weighted by atomic mass is 10.1. The molecule has 98 valence electrons. The van der Waals surface area contributed by atoms with Crippen molar-refractivity contribution >= 4 is 27.3 Å². The Hall–Kier alpha value is 0.140. The van der Waals surface area contributed by atoms with E-state index in [1.807, 2.05) is 11.3 Å². The Morgan fingerprint density at radius 3 is 2.59 bits per heavy atom. The Morgan fingerprint density at radius 1 is 1.18 bits per heavy atom. The quantitative estimate of drug-likeness (QED) is 0.637. The van der Waals surface area contributed by atoms with Gasteiger partial charge in [-0.2, -0.15) is 0 Å². The molecule has 1 heterocycles. The highest BCUT2D eigenvalue weighted by molar-refractivity contribution is 9.11. The van der Waals surface area contributed by atoms with Gasteiger partial charge in [-0.05, 0) is 73.3 Å². The van der Waals surface area contributed by atoms with E-state index in [4.69, 9.17) is 0 Å². The summed E-state index contributed by atoms with van der Waals surface area (Å²) in [4.78, 5) is 1.47. The fourth-order valence-electron chi connectivity index (χ4n) is 1.95. The van der Waals surface area contributed by atoms with Crippen LogP contribution in [-0.2, 0) is 6.42 Å². The summed E-state index contributed by atoms with van der Waals surface area (Å²) in [5, 5.41) is 3.45. The molecule has 1 nitrogen and oxygen atoms in total. The molecular weight excluding hydrogens is 294 g/mol. The zero-order chi connectivity index (χ0) is 12.5. The van der Waals surface area contributed by atoms with E-state index in [1.54, 1.807) is 0 Å². The standard InChI is InChI=1S/C14H24BrNS/c1-3-9-16-10-7-5-4-6-8-13-11-14(15)17-12(13)2/h11,16H,3-10H2,1-2H3. The van der Waals surface area contributed by atoms with E-state index in [0.717, 1.165) is 0 Å². The van der Waals surface area contributed by atoms with E-state index in [-0.39, 0.29) is 0 Å². The first-order valence-electron chi connectivity index (χ1n) is 6.69. The third-order valence-electron chi connectivity index (χ3n) is 2.97. The van der Waals surface area contributed by atoms with Gasteiger partial charge < -0.3 is 5.32 Å². The van der Waals surface area contributed by atoms with E-state index in [0.29, 0.717) is 0 Å². The molecule has 1 aromatic rings. The third kappa shape index (κ3) is 6.58. The second-order valence-corrected chi connectivity index (χ2v) is 7.18. The molecule has 0 radical (unpaired) electrons. The lowest BCUT2D eigenvalue weighted by molar-refractivity contribution is 0.584. The number of aryl methyl sites for hydroxylation is 2. The van der Waals surface area contributed by atoms with E-state index in [9.17, 15) is 0 Å². The van der Waals surface area contributed by atoms with Crippen LogP contribution in [0.25, 0.3) is 0 Å². The number of hydrogen-bond acceptors (Lipinski definition) is 2. The molecule has 0 aliphatic heterocycles. The van der Waals surface area contributed by atoms with Gasteiger partial charge in [-0.25, -0.2) is 0 Å². The predicted octanol–water partition coefficient (Wildman–Crippen LogP) is 4.92. The minimum Gasteiger partial charge on any atom is -0.317 e. The smallest absolute Gasteiger partial charge is 0.0704 e. The SMILES string of the molecule is CCCNCCCCCCc1cc(Br)sc1C. The maximum Gasteiger partial charge on any atom is 0.0704 e. The van der Waals surface area contributed by atoms with Crippen LogP contribution in [0.3, 0.4) is 0 Å². The van der Waals surface area contributed by atoms with Crippen molar-refractivity contribution in [3.8, 4) is 0 Å². The fraction of sp³-hybridized carbons (Fsp3) is 0.714. The first-order valence-corrected chi connectivity index (χ1v) is 8.30. The summed E-state index contributed by atoms with van der Waals surface area (Å²) in [6.07, 6.45) is 7.87. The van der Waals surface area contributed by atoms with Crippen LogP contribution in [0.5, 0.6) is 0 Å². The van der Waals surface area contributed by atoms with Gasteiger partial charge in [-0.1, -0.05) is 19.8 Å². The molecule has 0 saturated carbocycles. The van der Waals surface area contributed by atoms with Crippen molar-refractivity contribution in [2.75, 3.05) is 13.1 Å². The molecule has 1 aromatic heterocycles. The van der Waals surface area contributed by atoms with Gasteiger partial charge in [0.1, 0.15) is 0 Å². The summed E-state index contributed by atoms with van der Waals surface area (Å²) in [5.41, 5.74) is 1.53. The van der Waals surface area contributed by atoms with Crippen molar-refractivity contribution in [3.05, 3.63) is 20.3 Å². The average molecular weight is 318 g/mol. The lowest BCUT2D eigenvalue weighted by Gasteiger charge is -2.03. The summed E-state index contributed by atoms with van der Waals surface area (Å²) < 4.78 is 1.27. The van der Waals surface area contributed by atoms with Crippen molar-refractivity contribution in [2.24, 2.45) is 0 Å². The molecule has 0 aromatic carbocycles. The van der Waals surface area contributed by atoms with Crippen molar-refractivity contribution in [1.29, 1.82) is 0 Å².